The highest BCUT2D eigenvalue weighted by atomic mass is 19.3. The highest BCUT2D eigenvalue weighted by Gasteiger charge is 2.14. The van der Waals surface area contributed by atoms with Gasteiger partial charge in [-0.05, 0) is 66.3 Å². The van der Waals surface area contributed by atoms with Crippen LogP contribution in [0.25, 0.3) is 21.9 Å². The fourth-order valence-electron chi connectivity index (χ4n) is 3.49. The van der Waals surface area contributed by atoms with Crippen LogP contribution in [0, 0.1) is 0 Å². The quantitative estimate of drug-likeness (QED) is 0.338. The Morgan fingerprint density at radius 2 is 1.69 bits per heavy atom. The van der Waals surface area contributed by atoms with Crippen molar-refractivity contribution in [1.29, 1.82) is 0 Å². The first-order chi connectivity index (χ1) is 14.1. The number of alkyl halides is 2. The molecule has 0 heterocycles. The van der Waals surface area contributed by atoms with Crippen LogP contribution in [0.2, 0.25) is 0 Å². The molecule has 0 bridgehead atoms. The Balaban J connectivity index is 1.92. The molecule has 29 heavy (non-hydrogen) atoms. The molecule has 0 saturated heterocycles. The summed E-state index contributed by atoms with van der Waals surface area (Å²) in [6, 6.07) is 18.2. The van der Waals surface area contributed by atoms with Gasteiger partial charge in [0.05, 0.1) is 0 Å². The molecule has 0 spiro atoms. The van der Waals surface area contributed by atoms with Crippen molar-refractivity contribution in [3.8, 4) is 16.9 Å². The Kier molecular flexibility index (Phi) is 7.18. The summed E-state index contributed by atoms with van der Waals surface area (Å²) in [4.78, 5) is 0. The molecule has 3 rings (SSSR count). The van der Waals surface area contributed by atoms with E-state index in [1.165, 1.54) is 5.56 Å². The van der Waals surface area contributed by atoms with Crippen molar-refractivity contribution < 1.29 is 13.5 Å². The Morgan fingerprint density at radius 1 is 0.931 bits per heavy atom. The van der Waals surface area contributed by atoms with Gasteiger partial charge < -0.3 is 4.74 Å². The van der Waals surface area contributed by atoms with Gasteiger partial charge in [-0.1, -0.05) is 66.8 Å². The molecular weight excluding hydrogens is 366 g/mol. The predicted octanol–water partition coefficient (Wildman–Crippen LogP) is 7.74. The smallest absolute Gasteiger partial charge is 0.387 e. The lowest BCUT2D eigenvalue weighted by molar-refractivity contribution is -0.0493. The molecule has 0 N–H and O–H groups in total. The van der Waals surface area contributed by atoms with Crippen LogP contribution >= 0.6 is 0 Å². The van der Waals surface area contributed by atoms with E-state index in [0.29, 0.717) is 18.2 Å². The molecule has 150 valence electrons. The lowest BCUT2D eigenvalue weighted by Crippen LogP contribution is -2.05. The predicted molar refractivity (Wildman–Crippen MR) is 118 cm³/mol. The zero-order chi connectivity index (χ0) is 20.6. The molecule has 3 heteroatoms. The summed E-state index contributed by atoms with van der Waals surface area (Å²) in [5.74, 6) is 0.269. The topological polar surface area (TPSA) is 9.23 Å². The zero-order valence-electron chi connectivity index (χ0n) is 16.7. The molecule has 0 aliphatic rings. The Hall–Kier alpha value is -2.94. The Labute approximate surface area is 171 Å². The van der Waals surface area contributed by atoms with Crippen LogP contribution in [0.15, 0.2) is 79.4 Å². The molecule has 1 nitrogen and oxygen atoms in total. The fourth-order valence-corrected chi connectivity index (χ4v) is 3.49. The van der Waals surface area contributed by atoms with Gasteiger partial charge in [0.1, 0.15) is 5.75 Å². The number of hydrogen-bond acceptors (Lipinski definition) is 1. The van der Waals surface area contributed by atoms with Crippen molar-refractivity contribution in [3.63, 3.8) is 0 Å². The molecule has 0 fully saturated rings. The minimum atomic E-state index is -2.85. The SMILES string of the molecule is C=CCCc1ccc2cc(-c3ccc(CC/C=C/C)cc3)ccc2c1OC(F)F. The lowest BCUT2D eigenvalue weighted by atomic mass is 9.97. The summed E-state index contributed by atoms with van der Waals surface area (Å²) in [6.07, 6.45) is 9.40. The summed E-state index contributed by atoms with van der Waals surface area (Å²) >= 11 is 0. The maximum atomic E-state index is 13.0. The van der Waals surface area contributed by atoms with E-state index in [1.54, 1.807) is 6.08 Å². The van der Waals surface area contributed by atoms with Crippen molar-refractivity contribution >= 4 is 10.8 Å². The molecular formula is C26H26F2O. The van der Waals surface area contributed by atoms with E-state index >= 15 is 0 Å². The van der Waals surface area contributed by atoms with Crippen LogP contribution in [0.5, 0.6) is 5.75 Å². The first-order valence-electron chi connectivity index (χ1n) is 9.94. The number of aryl methyl sites for hydroxylation is 2. The van der Waals surface area contributed by atoms with Crippen molar-refractivity contribution in [3.05, 3.63) is 90.5 Å². The summed E-state index contributed by atoms with van der Waals surface area (Å²) in [7, 11) is 0. The second-order valence-corrected chi connectivity index (χ2v) is 7.00. The molecule has 0 amide bonds. The summed E-state index contributed by atoms with van der Waals surface area (Å²) in [5.41, 5.74) is 4.23. The fraction of sp³-hybridized carbons (Fsp3) is 0.231. The van der Waals surface area contributed by atoms with Gasteiger partial charge in [0.25, 0.3) is 0 Å². The van der Waals surface area contributed by atoms with Gasteiger partial charge in [-0.2, -0.15) is 8.78 Å². The van der Waals surface area contributed by atoms with Crippen molar-refractivity contribution in [1.82, 2.24) is 0 Å². The molecule has 0 saturated carbocycles. The highest BCUT2D eigenvalue weighted by molar-refractivity contribution is 5.93. The minimum absolute atomic E-state index is 0.269. The van der Waals surface area contributed by atoms with Gasteiger partial charge in [0.2, 0.25) is 0 Å². The monoisotopic (exact) mass is 392 g/mol. The van der Waals surface area contributed by atoms with Crippen LogP contribution < -0.4 is 4.74 Å². The van der Waals surface area contributed by atoms with Gasteiger partial charge in [-0.25, -0.2) is 0 Å². The lowest BCUT2D eigenvalue weighted by Gasteiger charge is -2.14. The number of allylic oxidation sites excluding steroid dienone is 3. The van der Waals surface area contributed by atoms with Crippen LogP contribution in [-0.4, -0.2) is 6.61 Å². The van der Waals surface area contributed by atoms with Gasteiger partial charge in [-0.15, -0.1) is 6.58 Å². The molecule has 3 aromatic rings. The average Bonchev–Trinajstić information content (AvgIpc) is 2.73. The zero-order valence-corrected chi connectivity index (χ0v) is 16.7. The van der Waals surface area contributed by atoms with E-state index in [-0.39, 0.29) is 5.75 Å². The van der Waals surface area contributed by atoms with Gasteiger partial charge >= 0.3 is 6.61 Å². The normalized spacial score (nSPS) is 11.4. The van der Waals surface area contributed by atoms with E-state index in [9.17, 15) is 8.78 Å². The Bertz CT molecular complexity index is 988. The molecule has 0 radical (unpaired) electrons. The third-order valence-corrected chi connectivity index (χ3v) is 5.00. The first kappa shape index (κ1) is 20.8. The first-order valence-corrected chi connectivity index (χ1v) is 9.94. The van der Waals surface area contributed by atoms with Crippen LogP contribution in [0.1, 0.15) is 30.9 Å². The minimum Gasteiger partial charge on any atom is -0.434 e. The van der Waals surface area contributed by atoms with Crippen molar-refractivity contribution in [2.24, 2.45) is 0 Å². The molecule has 3 aromatic carbocycles. The van der Waals surface area contributed by atoms with Crippen molar-refractivity contribution in [2.45, 2.75) is 39.2 Å². The average molecular weight is 392 g/mol. The number of ether oxygens (including phenoxy) is 1. The van der Waals surface area contributed by atoms with Crippen LogP contribution in [0.4, 0.5) is 8.78 Å². The van der Waals surface area contributed by atoms with E-state index in [4.69, 9.17) is 4.74 Å². The maximum absolute atomic E-state index is 13.0. The molecule has 0 aliphatic carbocycles. The number of rotatable bonds is 9. The molecule has 0 aliphatic heterocycles. The number of halogens is 2. The standard InChI is InChI=1S/C26H26F2O/c1-3-5-7-8-19-10-12-20(13-11-19)22-16-17-24-23(18-22)15-14-21(9-6-4-2)25(24)29-26(27)28/h3-5,10-18,26H,2,6-9H2,1H3/b5-3+. The summed E-state index contributed by atoms with van der Waals surface area (Å²) in [5, 5.41) is 1.59. The van der Waals surface area contributed by atoms with E-state index in [0.717, 1.165) is 34.9 Å². The third-order valence-electron chi connectivity index (χ3n) is 5.00. The second kappa shape index (κ2) is 10.0. The third kappa shape index (κ3) is 5.32. The molecule has 0 atom stereocenters. The number of fused-ring (bicyclic) bond motifs is 1. The van der Waals surface area contributed by atoms with E-state index in [1.807, 2.05) is 37.3 Å². The second-order valence-electron chi connectivity index (χ2n) is 7.00. The van der Waals surface area contributed by atoms with Gasteiger partial charge in [0, 0.05) is 5.39 Å². The summed E-state index contributed by atoms with van der Waals surface area (Å²) < 4.78 is 30.9. The van der Waals surface area contributed by atoms with Gasteiger partial charge in [-0.3, -0.25) is 0 Å². The summed E-state index contributed by atoms with van der Waals surface area (Å²) in [6.45, 7) is 2.89. The van der Waals surface area contributed by atoms with Crippen LogP contribution in [-0.2, 0) is 12.8 Å². The highest BCUT2D eigenvalue weighted by Crippen LogP contribution is 2.35. The van der Waals surface area contributed by atoms with Crippen molar-refractivity contribution in [2.75, 3.05) is 0 Å². The molecule has 0 aromatic heterocycles. The van der Waals surface area contributed by atoms with E-state index < -0.39 is 6.61 Å². The largest absolute Gasteiger partial charge is 0.434 e. The number of benzene rings is 3. The maximum Gasteiger partial charge on any atom is 0.387 e. The number of hydrogen-bond donors (Lipinski definition) is 0. The van der Waals surface area contributed by atoms with Gasteiger partial charge in [0.15, 0.2) is 0 Å². The van der Waals surface area contributed by atoms with E-state index in [2.05, 4.69) is 43.0 Å². The van der Waals surface area contributed by atoms with Crippen LogP contribution in [0.3, 0.4) is 0 Å². The Morgan fingerprint density at radius 3 is 2.38 bits per heavy atom. The molecule has 0 unspecified atom stereocenters.